The molecule has 2 N–H and O–H groups in total. The Hall–Kier alpha value is -2.41. The van der Waals surface area contributed by atoms with Gasteiger partial charge >= 0.3 is 0 Å². The van der Waals surface area contributed by atoms with E-state index in [1.807, 2.05) is 36.1 Å². The standard InChI is InChI=1S/C16H20FN5O/c1-12-4-2-3-5-13(12)10-19-21-16-18-11-14(17)15(20-16)22-6-8-23-9-7-22/h2-5,10-11,16,20-21H,6-9H2,1H3/b19-10+. The number of allylic oxidation sites excluding steroid dienone is 1. The van der Waals surface area contributed by atoms with Gasteiger partial charge in [0.2, 0.25) is 6.29 Å². The second-order valence-corrected chi connectivity index (χ2v) is 5.36. The monoisotopic (exact) mass is 317 g/mol. The summed E-state index contributed by atoms with van der Waals surface area (Å²) in [5, 5.41) is 7.22. The van der Waals surface area contributed by atoms with Crippen molar-refractivity contribution in [3.05, 3.63) is 47.0 Å². The quantitative estimate of drug-likeness (QED) is 0.650. The summed E-state index contributed by atoms with van der Waals surface area (Å²) in [6.07, 6.45) is 2.46. The lowest BCUT2D eigenvalue weighted by atomic mass is 10.1. The van der Waals surface area contributed by atoms with Crippen LogP contribution in [-0.4, -0.2) is 49.9 Å². The fraction of sp³-hybridized carbons (Fsp3) is 0.375. The number of aryl methyl sites for hydroxylation is 1. The second kappa shape index (κ2) is 7.23. The van der Waals surface area contributed by atoms with Crippen molar-refractivity contribution in [2.24, 2.45) is 10.1 Å². The number of hydrazone groups is 1. The molecule has 0 amide bonds. The fourth-order valence-electron chi connectivity index (χ4n) is 2.44. The van der Waals surface area contributed by atoms with Crippen LogP contribution in [0.25, 0.3) is 0 Å². The van der Waals surface area contributed by atoms with Crippen molar-refractivity contribution in [1.29, 1.82) is 0 Å². The van der Waals surface area contributed by atoms with Crippen LogP contribution in [0.1, 0.15) is 11.1 Å². The van der Waals surface area contributed by atoms with E-state index in [0.717, 1.165) is 11.1 Å². The number of hydrogen-bond acceptors (Lipinski definition) is 6. The van der Waals surface area contributed by atoms with Gasteiger partial charge in [0.25, 0.3) is 0 Å². The number of nitrogens with zero attached hydrogens (tertiary/aromatic N) is 3. The molecule has 2 aliphatic rings. The molecule has 122 valence electrons. The Morgan fingerprint density at radius 3 is 2.96 bits per heavy atom. The summed E-state index contributed by atoms with van der Waals surface area (Å²) >= 11 is 0. The molecule has 0 aromatic heterocycles. The van der Waals surface area contributed by atoms with Crippen LogP contribution in [0.4, 0.5) is 4.39 Å². The van der Waals surface area contributed by atoms with Gasteiger partial charge in [-0.25, -0.2) is 9.38 Å². The normalized spacial score (nSPS) is 21.7. The molecule has 1 atom stereocenters. The molecular weight excluding hydrogens is 297 g/mol. The van der Waals surface area contributed by atoms with Gasteiger partial charge in [-0.15, -0.1) is 0 Å². The minimum atomic E-state index is -0.493. The molecule has 1 saturated heterocycles. The van der Waals surface area contributed by atoms with Gasteiger partial charge < -0.3 is 15.0 Å². The molecule has 0 spiro atoms. The summed E-state index contributed by atoms with van der Waals surface area (Å²) in [6.45, 7) is 4.52. The number of nitrogens with one attached hydrogen (secondary N) is 2. The molecule has 23 heavy (non-hydrogen) atoms. The molecule has 6 nitrogen and oxygen atoms in total. The molecule has 2 heterocycles. The maximum atomic E-state index is 14.0. The van der Waals surface area contributed by atoms with Crippen LogP contribution >= 0.6 is 0 Å². The third-order valence-corrected chi connectivity index (χ3v) is 3.75. The lowest BCUT2D eigenvalue weighted by Gasteiger charge is -2.34. The molecule has 0 radical (unpaired) electrons. The first-order valence-corrected chi connectivity index (χ1v) is 7.60. The number of morpholine rings is 1. The van der Waals surface area contributed by atoms with E-state index in [-0.39, 0.29) is 5.83 Å². The van der Waals surface area contributed by atoms with Gasteiger partial charge in [-0.2, -0.15) is 5.10 Å². The van der Waals surface area contributed by atoms with Crippen molar-refractivity contribution in [2.45, 2.75) is 13.2 Å². The molecule has 0 aliphatic carbocycles. The van der Waals surface area contributed by atoms with Crippen molar-refractivity contribution in [1.82, 2.24) is 15.6 Å². The number of hydrogen-bond donors (Lipinski definition) is 2. The Kier molecular flexibility index (Phi) is 4.87. The zero-order valence-electron chi connectivity index (χ0n) is 13.0. The molecule has 1 unspecified atom stereocenters. The predicted octanol–water partition coefficient (Wildman–Crippen LogP) is 1.35. The van der Waals surface area contributed by atoms with Crippen molar-refractivity contribution in [3.8, 4) is 0 Å². The van der Waals surface area contributed by atoms with Crippen LogP contribution in [-0.2, 0) is 4.74 Å². The first-order chi connectivity index (χ1) is 11.2. The summed E-state index contributed by atoms with van der Waals surface area (Å²) in [6, 6.07) is 7.94. The van der Waals surface area contributed by atoms with Crippen LogP contribution in [0.2, 0.25) is 0 Å². The fourth-order valence-corrected chi connectivity index (χ4v) is 2.44. The average molecular weight is 317 g/mol. The second-order valence-electron chi connectivity index (χ2n) is 5.36. The van der Waals surface area contributed by atoms with Crippen LogP contribution in [0, 0.1) is 6.92 Å². The highest BCUT2D eigenvalue weighted by molar-refractivity contribution is 5.81. The van der Waals surface area contributed by atoms with Crippen molar-refractivity contribution < 1.29 is 9.13 Å². The number of ether oxygens (including phenoxy) is 1. The van der Waals surface area contributed by atoms with Gasteiger partial charge in [-0.1, -0.05) is 24.3 Å². The highest BCUT2D eigenvalue weighted by Crippen LogP contribution is 2.14. The molecule has 7 heteroatoms. The molecule has 1 aromatic carbocycles. The SMILES string of the molecule is Cc1ccccc1/C=N/NC1N=CC(F)=C(N2CCOCC2)N1. The zero-order valence-corrected chi connectivity index (χ0v) is 13.0. The maximum Gasteiger partial charge on any atom is 0.210 e. The molecule has 1 fully saturated rings. The third-order valence-electron chi connectivity index (χ3n) is 3.75. The molecule has 0 bridgehead atoms. The van der Waals surface area contributed by atoms with E-state index in [9.17, 15) is 4.39 Å². The minimum absolute atomic E-state index is 0.368. The van der Waals surface area contributed by atoms with Gasteiger partial charge in [0.05, 0.1) is 25.6 Å². The van der Waals surface area contributed by atoms with Gasteiger partial charge in [0.1, 0.15) is 5.82 Å². The summed E-state index contributed by atoms with van der Waals surface area (Å²) in [4.78, 5) is 5.98. The number of halogens is 1. The molecule has 2 aliphatic heterocycles. The van der Waals surface area contributed by atoms with Crippen molar-refractivity contribution in [2.75, 3.05) is 26.3 Å². The van der Waals surface area contributed by atoms with Gasteiger partial charge in [-0.3, -0.25) is 5.43 Å². The molecule has 3 rings (SSSR count). The Labute approximate surface area is 134 Å². The van der Waals surface area contributed by atoms with E-state index in [0.29, 0.717) is 32.1 Å². The van der Waals surface area contributed by atoms with E-state index in [2.05, 4.69) is 20.8 Å². The molecule has 1 aromatic rings. The topological polar surface area (TPSA) is 61.2 Å². The van der Waals surface area contributed by atoms with E-state index in [1.54, 1.807) is 6.21 Å². The summed E-state index contributed by atoms with van der Waals surface area (Å²) in [5.41, 5.74) is 5.05. The van der Waals surface area contributed by atoms with Crippen molar-refractivity contribution >= 4 is 12.4 Å². The Morgan fingerprint density at radius 1 is 1.39 bits per heavy atom. The Morgan fingerprint density at radius 2 is 2.17 bits per heavy atom. The van der Waals surface area contributed by atoms with Crippen molar-refractivity contribution in [3.63, 3.8) is 0 Å². The van der Waals surface area contributed by atoms with Gasteiger partial charge in [0.15, 0.2) is 5.83 Å². The first-order valence-electron chi connectivity index (χ1n) is 7.60. The predicted molar refractivity (Wildman–Crippen MR) is 87.9 cm³/mol. The van der Waals surface area contributed by atoms with Gasteiger partial charge in [-0.05, 0) is 18.1 Å². The maximum absolute atomic E-state index is 14.0. The number of benzene rings is 1. The summed E-state index contributed by atoms with van der Waals surface area (Å²) < 4.78 is 19.3. The van der Waals surface area contributed by atoms with Crippen LogP contribution in [0.15, 0.2) is 46.0 Å². The largest absolute Gasteiger partial charge is 0.378 e. The smallest absolute Gasteiger partial charge is 0.210 e. The lowest BCUT2D eigenvalue weighted by Crippen LogP contribution is -2.48. The molecule has 0 saturated carbocycles. The van der Waals surface area contributed by atoms with Gasteiger partial charge in [0, 0.05) is 13.1 Å². The Balaban J connectivity index is 1.60. The average Bonchev–Trinajstić information content (AvgIpc) is 2.59. The van der Waals surface area contributed by atoms with Crippen LogP contribution < -0.4 is 10.7 Å². The zero-order chi connectivity index (χ0) is 16.1. The number of rotatable bonds is 4. The van der Waals surface area contributed by atoms with E-state index in [4.69, 9.17) is 4.74 Å². The highest BCUT2D eigenvalue weighted by Gasteiger charge is 2.22. The van der Waals surface area contributed by atoms with Crippen LogP contribution in [0.3, 0.4) is 0 Å². The highest BCUT2D eigenvalue weighted by atomic mass is 19.1. The van der Waals surface area contributed by atoms with Crippen LogP contribution in [0.5, 0.6) is 0 Å². The minimum Gasteiger partial charge on any atom is -0.378 e. The summed E-state index contributed by atoms with van der Waals surface area (Å²) in [5.74, 6) is 0.0692. The van der Waals surface area contributed by atoms with E-state index in [1.165, 1.54) is 6.21 Å². The molecular formula is C16H20FN5O. The summed E-state index contributed by atoms with van der Waals surface area (Å²) in [7, 11) is 0. The van der Waals surface area contributed by atoms with E-state index < -0.39 is 6.29 Å². The lowest BCUT2D eigenvalue weighted by molar-refractivity contribution is 0.0476. The first kappa shape index (κ1) is 15.5. The number of aliphatic imine (C=N–C) groups is 1. The Bertz CT molecular complexity index is 637. The van der Waals surface area contributed by atoms with E-state index >= 15 is 0 Å². The third kappa shape index (κ3) is 3.87.